The van der Waals surface area contributed by atoms with E-state index in [1.807, 2.05) is 12.1 Å². The number of pyridine rings is 1. The maximum absolute atomic E-state index is 6.60. The Hall–Kier alpha value is -7.95. The molecule has 0 bridgehead atoms. The molecule has 0 aliphatic carbocycles. The summed E-state index contributed by atoms with van der Waals surface area (Å²) in [5.74, 6) is 0. The zero-order chi connectivity index (χ0) is 38.9. The summed E-state index contributed by atoms with van der Waals surface area (Å²) in [6.07, 6.45) is 0. The molecule has 0 saturated heterocycles. The molecule has 4 heteroatoms. The highest BCUT2D eigenvalue weighted by Gasteiger charge is 2.20. The van der Waals surface area contributed by atoms with Gasteiger partial charge >= 0.3 is 0 Å². The Balaban J connectivity index is 1.03. The Morgan fingerprint density at radius 1 is 0.390 bits per heavy atom. The van der Waals surface area contributed by atoms with Crippen LogP contribution in [0.5, 0.6) is 0 Å². The van der Waals surface area contributed by atoms with Gasteiger partial charge in [0.15, 0.2) is 0 Å². The Kier molecular flexibility index (Phi) is 7.50. The van der Waals surface area contributed by atoms with Gasteiger partial charge in [0, 0.05) is 66.0 Å². The maximum atomic E-state index is 6.60. The molecule has 0 unspecified atom stereocenters. The minimum atomic E-state index is 0.890. The van der Waals surface area contributed by atoms with E-state index in [9.17, 15) is 0 Å². The van der Waals surface area contributed by atoms with Gasteiger partial charge in [0.05, 0.1) is 22.2 Å². The van der Waals surface area contributed by atoms with Crippen LogP contribution in [0.15, 0.2) is 217 Å². The number of aromatic nitrogens is 2. The van der Waals surface area contributed by atoms with E-state index < -0.39 is 0 Å². The molecule has 0 saturated carbocycles. The first-order chi connectivity index (χ1) is 29.3. The van der Waals surface area contributed by atoms with Gasteiger partial charge in [-0.2, -0.15) is 0 Å². The first kappa shape index (κ1) is 33.2. The van der Waals surface area contributed by atoms with E-state index in [0.717, 1.165) is 77.6 Å². The van der Waals surface area contributed by atoms with Gasteiger partial charge in [-0.05, 0) is 90.0 Å². The van der Waals surface area contributed by atoms with Gasteiger partial charge < -0.3 is 13.9 Å². The zero-order valence-corrected chi connectivity index (χ0v) is 32.0. The van der Waals surface area contributed by atoms with Crippen molar-refractivity contribution in [1.82, 2.24) is 9.55 Å². The highest BCUT2D eigenvalue weighted by Crippen LogP contribution is 2.43. The monoisotopic (exact) mass is 753 g/mol. The molecule has 4 nitrogen and oxygen atoms in total. The van der Waals surface area contributed by atoms with Crippen LogP contribution >= 0.6 is 0 Å². The molecule has 0 radical (unpaired) electrons. The van der Waals surface area contributed by atoms with Crippen molar-refractivity contribution in [2.75, 3.05) is 4.90 Å². The highest BCUT2D eigenvalue weighted by molar-refractivity contribution is 6.24. The summed E-state index contributed by atoms with van der Waals surface area (Å²) in [4.78, 5) is 7.65. The quantitative estimate of drug-likeness (QED) is 0.159. The van der Waals surface area contributed by atoms with Gasteiger partial charge in [0.25, 0.3) is 0 Å². The van der Waals surface area contributed by atoms with E-state index in [1.54, 1.807) is 0 Å². The zero-order valence-electron chi connectivity index (χ0n) is 32.0. The van der Waals surface area contributed by atoms with Gasteiger partial charge in [0.1, 0.15) is 11.2 Å². The topological polar surface area (TPSA) is 34.2 Å². The molecule has 0 aliphatic heterocycles. The lowest BCUT2D eigenvalue weighted by atomic mass is 9.97. The van der Waals surface area contributed by atoms with E-state index in [1.165, 1.54) is 32.9 Å². The second-order valence-corrected chi connectivity index (χ2v) is 15.1. The Bertz CT molecular complexity index is 3530. The fraction of sp³-hybridized carbons (Fsp3) is 0. The Labute approximate surface area is 340 Å². The van der Waals surface area contributed by atoms with Crippen molar-refractivity contribution in [1.29, 1.82) is 0 Å². The van der Waals surface area contributed by atoms with Gasteiger partial charge in [-0.15, -0.1) is 0 Å². The minimum Gasteiger partial charge on any atom is -0.455 e. The minimum absolute atomic E-state index is 0.890. The second kappa shape index (κ2) is 13.3. The third-order valence-electron chi connectivity index (χ3n) is 11.8. The summed E-state index contributed by atoms with van der Waals surface area (Å²) < 4.78 is 8.96. The Morgan fingerprint density at radius 2 is 0.966 bits per heavy atom. The van der Waals surface area contributed by atoms with Crippen molar-refractivity contribution >= 4 is 82.5 Å². The van der Waals surface area contributed by atoms with Crippen molar-refractivity contribution in [3.63, 3.8) is 0 Å². The third kappa shape index (κ3) is 5.34. The molecule has 0 aliphatic rings. The molecule has 3 aromatic heterocycles. The smallest absolute Gasteiger partial charge is 0.144 e. The van der Waals surface area contributed by atoms with Crippen LogP contribution < -0.4 is 4.90 Å². The van der Waals surface area contributed by atoms with Gasteiger partial charge in [-0.25, -0.2) is 4.98 Å². The van der Waals surface area contributed by atoms with Crippen LogP contribution in [0.25, 0.3) is 93.5 Å². The number of para-hydroxylation sites is 4. The second-order valence-electron chi connectivity index (χ2n) is 15.1. The summed E-state index contributed by atoms with van der Waals surface area (Å²) in [6.45, 7) is 0. The van der Waals surface area contributed by atoms with E-state index in [4.69, 9.17) is 9.40 Å². The predicted molar refractivity (Wildman–Crippen MR) is 246 cm³/mol. The molecule has 276 valence electrons. The number of rotatable bonds is 6. The molecule has 0 N–H and O–H groups in total. The van der Waals surface area contributed by atoms with Crippen molar-refractivity contribution in [2.45, 2.75) is 0 Å². The van der Waals surface area contributed by atoms with Crippen LogP contribution in [0, 0.1) is 0 Å². The standard InChI is InChI=1S/C55H35N3O/c1-3-13-36(14-4-1)37-23-27-40(28-24-37)57(42-31-34-51-48(35-42)43-17-8-11-21-50(43)58(51)39-15-5-2-6-16-39)41-29-25-38(26-30-41)54-47-33-32-45-44-18-9-12-22-52(44)59-55(45)53(47)46-19-7-10-20-49(46)56-54/h1-35H. The van der Waals surface area contributed by atoms with E-state index in [2.05, 4.69) is 210 Å². The van der Waals surface area contributed by atoms with Gasteiger partial charge in [-0.3, -0.25) is 0 Å². The average molecular weight is 754 g/mol. The molecule has 3 heterocycles. The molecule has 0 spiro atoms. The van der Waals surface area contributed by atoms with E-state index >= 15 is 0 Å². The number of hydrogen-bond donors (Lipinski definition) is 0. The number of benzene rings is 9. The number of fused-ring (bicyclic) bond motifs is 10. The lowest BCUT2D eigenvalue weighted by Gasteiger charge is -2.26. The van der Waals surface area contributed by atoms with Crippen LogP contribution in [0.3, 0.4) is 0 Å². The molecule has 0 atom stereocenters. The van der Waals surface area contributed by atoms with Gasteiger partial charge in [-0.1, -0.05) is 133 Å². The molecule has 12 rings (SSSR count). The van der Waals surface area contributed by atoms with Gasteiger partial charge in [0.2, 0.25) is 0 Å². The van der Waals surface area contributed by atoms with Crippen LogP contribution in [0.4, 0.5) is 17.1 Å². The summed E-state index contributed by atoms with van der Waals surface area (Å²) in [5.41, 5.74) is 13.8. The molecular formula is C55H35N3O. The molecular weight excluding hydrogens is 719 g/mol. The maximum Gasteiger partial charge on any atom is 0.144 e. The SMILES string of the molecule is c1ccc(-c2ccc(N(c3ccc(-c4nc5ccccc5c5c4ccc4c6ccccc6oc45)cc3)c3ccc4c(c3)c3ccccc3n4-c3ccccc3)cc2)cc1. The molecule has 12 aromatic rings. The van der Waals surface area contributed by atoms with Crippen LogP contribution in [-0.2, 0) is 0 Å². The first-order valence-corrected chi connectivity index (χ1v) is 20.0. The number of hydrogen-bond acceptors (Lipinski definition) is 3. The number of furan rings is 1. The van der Waals surface area contributed by atoms with E-state index in [-0.39, 0.29) is 0 Å². The molecule has 59 heavy (non-hydrogen) atoms. The van der Waals surface area contributed by atoms with Crippen LogP contribution in [-0.4, -0.2) is 9.55 Å². The van der Waals surface area contributed by atoms with Crippen LogP contribution in [0.1, 0.15) is 0 Å². The summed E-state index contributed by atoms with van der Waals surface area (Å²) in [5, 5.41) is 7.90. The van der Waals surface area contributed by atoms with Crippen molar-refractivity contribution in [3.8, 4) is 28.1 Å². The fourth-order valence-corrected chi connectivity index (χ4v) is 9.04. The largest absolute Gasteiger partial charge is 0.455 e. The fourth-order valence-electron chi connectivity index (χ4n) is 9.04. The predicted octanol–water partition coefficient (Wildman–Crippen LogP) is 15.2. The Morgan fingerprint density at radius 3 is 1.75 bits per heavy atom. The number of nitrogens with zero attached hydrogens (tertiary/aromatic N) is 3. The summed E-state index contributed by atoms with van der Waals surface area (Å²) >= 11 is 0. The average Bonchev–Trinajstić information content (AvgIpc) is 3.86. The molecule has 0 amide bonds. The lowest BCUT2D eigenvalue weighted by Crippen LogP contribution is -2.10. The summed E-state index contributed by atoms with van der Waals surface area (Å²) in [6, 6.07) is 75.5. The van der Waals surface area contributed by atoms with Crippen molar-refractivity contribution in [3.05, 3.63) is 212 Å². The van der Waals surface area contributed by atoms with E-state index in [0.29, 0.717) is 0 Å². The highest BCUT2D eigenvalue weighted by atomic mass is 16.3. The molecule has 9 aromatic carbocycles. The third-order valence-corrected chi connectivity index (χ3v) is 11.8. The number of anilines is 3. The molecule has 0 fully saturated rings. The lowest BCUT2D eigenvalue weighted by molar-refractivity contribution is 0.673. The van der Waals surface area contributed by atoms with Crippen molar-refractivity contribution < 1.29 is 4.42 Å². The van der Waals surface area contributed by atoms with Crippen LogP contribution in [0.2, 0.25) is 0 Å². The van der Waals surface area contributed by atoms with Crippen molar-refractivity contribution in [2.24, 2.45) is 0 Å². The summed E-state index contributed by atoms with van der Waals surface area (Å²) in [7, 11) is 0. The normalized spacial score (nSPS) is 11.7. The first-order valence-electron chi connectivity index (χ1n) is 20.0.